The largest absolute Gasteiger partial charge is 0.495 e. The van der Waals surface area contributed by atoms with Gasteiger partial charge in [-0.05, 0) is 24.1 Å². The molecule has 0 saturated heterocycles. The van der Waals surface area contributed by atoms with Crippen LogP contribution >= 0.6 is 0 Å². The van der Waals surface area contributed by atoms with Gasteiger partial charge in [-0.2, -0.15) is 0 Å². The monoisotopic (exact) mass is 192 g/mol. The standard InChI is InChI=1S/C11H16N2O/c1-7-3-4-9(14-2)11-10(7)8(5-12)6-13-11/h3-4,8,13H,5-6,12H2,1-2H3. The van der Waals surface area contributed by atoms with Crippen molar-refractivity contribution in [2.75, 3.05) is 25.5 Å². The number of fused-ring (bicyclic) bond motifs is 1. The first-order valence-corrected chi connectivity index (χ1v) is 4.89. The van der Waals surface area contributed by atoms with Crippen molar-refractivity contribution in [2.45, 2.75) is 12.8 Å². The Balaban J connectivity index is 2.52. The summed E-state index contributed by atoms with van der Waals surface area (Å²) in [7, 11) is 1.70. The Labute approximate surface area is 84.3 Å². The molecule has 1 aliphatic rings. The summed E-state index contributed by atoms with van der Waals surface area (Å²) in [6.07, 6.45) is 0. The number of rotatable bonds is 2. The van der Waals surface area contributed by atoms with E-state index < -0.39 is 0 Å². The summed E-state index contributed by atoms with van der Waals surface area (Å²) in [6, 6.07) is 4.09. The van der Waals surface area contributed by atoms with E-state index in [1.54, 1.807) is 7.11 Å². The van der Waals surface area contributed by atoms with Gasteiger partial charge in [-0.15, -0.1) is 0 Å². The predicted octanol–water partition coefficient (Wildman–Crippen LogP) is 1.47. The molecule has 0 spiro atoms. The van der Waals surface area contributed by atoms with Crippen LogP contribution in [0.25, 0.3) is 0 Å². The van der Waals surface area contributed by atoms with E-state index in [0.717, 1.165) is 18.0 Å². The molecule has 1 unspecified atom stereocenters. The first-order chi connectivity index (χ1) is 6.77. The Morgan fingerprint density at radius 3 is 3.00 bits per heavy atom. The van der Waals surface area contributed by atoms with Crippen molar-refractivity contribution in [3.63, 3.8) is 0 Å². The smallest absolute Gasteiger partial charge is 0.142 e. The highest BCUT2D eigenvalue weighted by Gasteiger charge is 2.25. The number of methoxy groups -OCH3 is 1. The molecule has 0 fully saturated rings. The lowest BCUT2D eigenvalue weighted by atomic mass is 9.96. The molecule has 0 radical (unpaired) electrons. The number of nitrogens with two attached hydrogens (primary N) is 1. The zero-order valence-corrected chi connectivity index (χ0v) is 8.63. The molecule has 0 amide bonds. The maximum atomic E-state index is 5.73. The van der Waals surface area contributed by atoms with Crippen LogP contribution in [0.15, 0.2) is 12.1 Å². The molecule has 1 atom stereocenters. The van der Waals surface area contributed by atoms with Crippen LogP contribution in [0.4, 0.5) is 5.69 Å². The maximum absolute atomic E-state index is 5.73. The van der Waals surface area contributed by atoms with Crippen molar-refractivity contribution in [1.29, 1.82) is 0 Å². The molecular weight excluding hydrogens is 176 g/mol. The van der Waals surface area contributed by atoms with Crippen LogP contribution in [-0.2, 0) is 0 Å². The van der Waals surface area contributed by atoms with E-state index in [9.17, 15) is 0 Å². The van der Waals surface area contributed by atoms with Crippen molar-refractivity contribution >= 4 is 5.69 Å². The van der Waals surface area contributed by atoms with Crippen LogP contribution in [-0.4, -0.2) is 20.2 Å². The average molecular weight is 192 g/mol. The van der Waals surface area contributed by atoms with E-state index in [-0.39, 0.29) is 0 Å². The predicted molar refractivity (Wildman–Crippen MR) is 58.0 cm³/mol. The summed E-state index contributed by atoms with van der Waals surface area (Å²) in [6.45, 7) is 3.73. The third kappa shape index (κ3) is 1.24. The lowest BCUT2D eigenvalue weighted by Crippen LogP contribution is -2.14. The molecule has 3 heteroatoms. The Morgan fingerprint density at radius 2 is 2.36 bits per heavy atom. The van der Waals surface area contributed by atoms with Crippen LogP contribution in [0.1, 0.15) is 17.0 Å². The summed E-state index contributed by atoms with van der Waals surface area (Å²) in [5, 5.41) is 3.36. The number of hydrogen-bond donors (Lipinski definition) is 2. The number of aryl methyl sites for hydroxylation is 1. The van der Waals surface area contributed by atoms with Crippen LogP contribution in [0.2, 0.25) is 0 Å². The number of nitrogens with one attached hydrogen (secondary N) is 1. The fraction of sp³-hybridized carbons (Fsp3) is 0.455. The highest BCUT2D eigenvalue weighted by Crippen LogP contribution is 2.40. The van der Waals surface area contributed by atoms with Gasteiger partial charge in [0.15, 0.2) is 0 Å². The molecule has 1 aromatic carbocycles. The van der Waals surface area contributed by atoms with Gasteiger partial charge < -0.3 is 15.8 Å². The molecule has 3 nitrogen and oxygen atoms in total. The van der Waals surface area contributed by atoms with Crippen LogP contribution < -0.4 is 15.8 Å². The lowest BCUT2D eigenvalue weighted by molar-refractivity contribution is 0.416. The second-order valence-electron chi connectivity index (χ2n) is 3.69. The van der Waals surface area contributed by atoms with Gasteiger partial charge in [-0.25, -0.2) is 0 Å². The normalized spacial score (nSPS) is 18.9. The molecule has 14 heavy (non-hydrogen) atoms. The Hall–Kier alpha value is -1.22. The number of anilines is 1. The van der Waals surface area contributed by atoms with E-state index >= 15 is 0 Å². The van der Waals surface area contributed by atoms with E-state index in [2.05, 4.69) is 18.3 Å². The first-order valence-electron chi connectivity index (χ1n) is 4.89. The zero-order valence-electron chi connectivity index (χ0n) is 8.63. The van der Waals surface area contributed by atoms with Crippen molar-refractivity contribution in [3.8, 4) is 5.75 Å². The van der Waals surface area contributed by atoms with Crippen molar-refractivity contribution < 1.29 is 4.74 Å². The minimum atomic E-state index is 0.431. The van der Waals surface area contributed by atoms with Crippen molar-refractivity contribution in [1.82, 2.24) is 0 Å². The van der Waals surface area contributed by atoms with E-state index in [4.69, 9.17) is 10.5 Å². The molecule has 3 N–H and O–H groups in total. The van der Waals surface area contributed by atoms with Gasteiger partial charge >= 0.3 is 0 Å². The average Bonchev–Trinajstić information content (AvgIpc) is 2.63. The molecule has 0 aromatic heterocycles. The van der Waals surface area contributed by atoms with E-state index in [1.807, 2.05) is 6.07 Å². The van der Waals surface area contributed by atoms with Gasteiger partial charge in [-0.1, -0.05) is 6.07 Å². The Morgan fingerprint density at radius 1 is 1.57 bits per heavy atom. The molecule has 0 aliphatic carbocycles. The third-order valence-corrected chi connectivity index (χ3v) is 2.86. The quantitative estimate of drug-likeness (QED) is 0.746. The SMILES string of the molecule is COc1ccc(C)c2c1NCC2CN. The van der Waals surface area contributed by atoms with Crippen molar-refractivity contribution in [3.05, 3.63) is 23.3 Å². The Bertz CT molecular complexity index is 349. The van der Waals surface area contributed by atoms with E-state index in [0.29, 0.717) is 12.5 Å². The second-order valence-corrected chi connectivity index (χ2v) is 3.69. The lowest BCUT2D eigenvalue weighted by Gasteiger charge is -2.12. The molecule has 2 rings (SSSR count). The van der Waals surface area contributed by atoms with Gasteiger partial charge in [0.2, 0.25) is 0 Å². The number of benzene rings is 1. The summed E-state index contributed by atoms with van der Waals surface area (Å²) in [5.41, 5.74) is 9.47. The fourth-order valence-corrected chi connectivity index (χ4v) is 2.11. The highest BCUT2D eigenvalue weighted by atomic mass is 16.5. The fourth-order valence-electron chi connectivity index (χ4n) is 2.11. The second kappa shape index (κ2) is 3.50. The first kappa shape index (κ1) is 9.34. The topological polar surface area (TPSA) is 47.3 Å². The summed E-state index contributed by atoms with van der Waals surface area (Å²) < 4.78 is 5.30. The number of hydrogen-bond acceptors (Lipinski definition) is 3. The maximum Gasteiger partial charge on any atom is 0.142 e. The minimum absolute atomic E-state index is 0.431. The molecule has 1 aliphatic heterocycles. The van der Waals surface area contributed by atoms with Gasteiger partial charge in [0.1, 0.15) is 5.75 Å². The zero-order chi connectivity index (χ0) is 10.1. The molecule has 76 valence electrons. The van der Waals surface area contributed by atoms with Gasteiger partial charge in [0.05, 0.1) is 12.8 Å². The van der Waals surface area contributed by atoms with Crippen LogP contribution in [0, 0.1) is 6.92 Å². The molecule has 1 heterocycles. The van der Waals surface area contributed by atoms with Gasteiger partial charge in [0.25, 0.3) is 0 Å². The van der Waals surface area contributed by atoms with Gasteiger partial charge in [-0.3, -0.25) is 0 Å². The highest BCUT2D eigenvalue weighted by molar-refractivity contribution is 5.69. The minimum Gasteiger partial charge on any atom is -0.495 e. The van der Waals surface area contributed by atoms with Crippen LogP contribution in [0.5, 0.6) is 5.75 Å². The molecule has 0 saturated carbocycles. The summed E-state index contributed by atoms with van der Waals surface area (Å²) >= 11 is 0. The Kier molecular flexibility index (Phi) is 2.33. The van der Waals surface area contributed by atoms with Crippen LogP contribution in [0.3, 0.4) is 0 Å². The summed E-state index contributed by atoms with van der Waals surface area (Å²) in [4.78, 5) is 0. The van der Waals surface area contributed by atoms with Gasteiger partial charge in [0, 0.05) is 19.0 Å². The van der Waals surface area contributed by atoms with Crippen molar-refractivity contribution in [2.24, 2.45) is 5.73 Å². The third-order valence-electron chi connectivity index (χ3n) is 2.86. The van der Waals surface area contributed by atoms with E-state index in [1.165, 1.54) is 11.1 Å². The summed E-state index contributed by atoms with van der Waals surface area (Å²) in [5.74, 6) is 1.35. The molecule has 0 bridgehead atoms. The molecule has 1 aromatic rings. The number of ether oxygens (including phenoxy) is 1. The molecular formula is C11H16N2O.